The molecule has 1 spiro atoms. The molecule has 0 aliphatic carbocycles. The third-order valence-corrected chi connectivity index (χ3v) is 4.18. The van der Waals surface area contributed by atoms with Crippen molar-refractivity contribution in [2.24, 2.45) is 5.41 Å². The van der Waals surface area contributed by atoms with E-state index in [9.17, 15) is 0 Å². The lowest BCUT2D eigenvalue weighted by atomic mass is 9.65. The molecule has 0 radical (unpaired) electrons. The lowest BCUT2D eigenvalue weighted by Crippen LogP contribution is -2.59. The van der Waals surface area contributed by atoms with Crippen LogP contribution in [0.3, 0.4) is 0 Å². The Hall–Kier alpha value is -0.870. The van der Waals surface area contributed by atoms with Gasteiger partial charge in [-0.2, -0.15) is 5.10 Å². The molecule has 3 rings (SSSR count). The second-order valence-electron chi connectivity index (χ2n) is 5.06. The first-order chi connectivity index (χ1) is 7.84. The summed E-state index contributed by atoms with van der Waals surface area (Å²) in [5.74, 6) is 0. The molecule has 3 heterocycles. The highest BCUT2D eigenvalue weighted by Gasteiger charge is 2.47. The zero-order valence-electron chi connectivity index (χ0n) is 9.87. The average Bonchev–Trinajstić information content (AvgIpc) is 2.77. The molecule has 0 aromatic carbocycles. The minimum atomic E-state index is 0.507. The summed E-state index contributed by atoms with van der Waals surface area (Å²) in [6.45, 7) is 6.60. The van der Waals surface area contributed by atoms with Gasteiger partial charge in [-0.3, -0.25) is 4.68 Å². The van der Waals surface area contributed by atoms with Gasteiger partial charge in [0.2, 0.25) is 0 Å². The van der Waals surface area contributed by atoms with Crippen LogP contribution >= 0.6 is 0 Å². The minimum Gasteiger partial charge on any atom is -0.317 e. The zero-order chi connectivity index (χ0) is 11.0. The van der Waals surface area contributed by atoms with Gasteiger partial charge in [0.1, 0.15) is 0 Å². The fraction of sp³-hybridized carbons (Fsp3) is 0.750. The maximum Gasteiger partial charge on any atom is 0.0537 e. The molecule has 88 valence electrons. The number of piperidine rings is 1. The third kappa shape index (κ3) is 1.48. The van der Waals surface area contributed by atoms with E-state index >= 15 is 0 Å². The SMILES string of the molecule is CCn1cc([C@@H]2NCC23CCNCC3)cn1. The van der Waals surface area contributed by atoms with Gasteiger partial charge in [-0.25, -0.2) is 0 Å². The van der Waals surface area contributed by atoms with Gasteiger partial charge in [-0.1, -0.05) is 0 Å². The summed E-state index contributed by atoms with van der Waals surface area (Å²) < 4.78 is 2.02. The second kappa shape index (κ2) is 3.86. The van der Waals surface area contributed by atoms with E-state index in [0.29, 0.717) is 11.5 Å². The Kier molecular flexibility index (Phi) is 2.48. The maximum atomic E-state index is 4.38. The number of hydrogen-bond donors (Lipinski definition) is 2. The molecule has 2 aliphatic heterocycles. The molecule has 1 aromatic heterocycles. The van der Waals surface area contributed by atoms with E-state index in [1.54, 1.807) is 0 Å². The van der Waals surface area contributed by atoms with Crippen LogP contribution in [0.15, 0.2) is 12.4 Å². The number of nitrogens with one attached hydrogen (secondary N) is 2. The van der Waals surface area contributed by atoms with E-state index in [0.717, 1.165) is 6.54 Å². The van der Waals surface area contributed by atoms with Crippen molar-refractivity contribution in [1.82, 2.24) is 20.4 Å². The predicted octanol–water partition coefficient (Wildman–Crippen LogP) is 0.917. The molecule has 2 N–H and O–H groups in total. The fourth-order valence-electron chi connectivity index (χ4n) is 3.06. The van der Waals surface area contributed by atoms with Crippen LogP contribution in [0.25, 0.3) is 0 Å². The van der Waals surface area contributed by atoms with Gasteiger partial charge in [-0.15, -0.1) is 0 Å². The molecular formula is C12H20N4. The lowest BCUT2D eigenvalue weighted by molar-refractivity contribution is 0.0436. The van der Waals surface area contributed by atoms with E-state index in [1.165, 1.54) is 38.0 Å². The first-order valence-electron chi connectivity index (χ1n) is 6.30. The van der Waals surface area contributed by atoms with Crippen LogP contribution in [0.2, 0.25) is 0 Å². The van der Waals surface area contributed by atoms with Crippen molar-refractivity contribution in [3.63, 3.8) is 0 Å². The molecular weight excluding hydrogens is 200 g/mol. The molecule has 0 amide bonds. The van der Waals surface area contributed by atoms with Gasteiger partial charge >= 0.3 is 0 Å². The summed E-state index contributed by atoms with van der Waals surface area (Å²) in [6, 6.07) is 0.537. The van der Waals surface area contributed by atoms with Crippen molar-refractivity contribution in [3.05, 3.63) is 18.0 Å². The molecule has 2 saturated heterocycles. The van der Waals surface area contributed by atoms with E-state index in [1.807, 2.05) is 10.9 Å². The smallest absolute Gasteiger partial charge is 0.0537 e. The van der Waals surface area contributed by atoms with Gasteiger partial charge in [0.05, 0.1) is 6.20 Å². The topological polar surface area (TPSA) is 41.9 Å². The number of aryl methyl sites for hydroxylation is 1. The molecule has 2 fully saturated rings. The highest BCUT2D eigenvalue weighted by atomic mass is 15.3. The number of aromatic nitrogens is 2. The molecule has 1 atom stereocenters. The van der Waals surface area contributed by atoms with Crippen molar-refractivity contribution in [2.75, 3.05) is 19.6 Å². The van der Waals surface area contributed by atoms with Gasteiger partial charge in [0.25, 0.3) is 0 Å². The number of rotatable bonds is 2. The molecule has 1 aromatic rings. The van der Waals surface area contributed by atoms with Gasteiger partial charge in [0, 0.05) is 36.3 Å². The molecule has 4 heteroatoms. The average molecular weight is 220 g/mol. The van der Waals surface area contributed by atoms with Crippen molar-refractivity contribution < 1.29 is 0 Å². The Bertz CT molecular complexity index is 365. The highest BCUT2D eigenvalue weighted by molar-refractivity contribution is 5.20. The quantitative estimate of drug-likeness (QED) is 0.778. The highest BCUT2D eigenvalue weighted by Crippen LogP contribution is 2.47. The number of hydrogen-bond acceptors (Lipinski definition) is 3. The van der Waals surface area contributed by atoms with Gasteiger partial charge in [-0.05, 0) is 32.9 Å². The van der Waals surface area contributed by atoms with Crippen LogP contribution in [0, 0.1) is 5.41 Å². The Morgan fingerprint density at radius 2 is 2.31 bits per heavy atom. The predicted molar refractivity (Wildman–Crippen MR) is 63.2 cm³/mol. The largest absolute Gasteiger partial charge is 0.317 e. The first kappa shape index (κ1) is 10.3. The monoisotopic (exact) mass is 220 g/mol. The van der Waals surface area contributed by atoms with Crippen LogP contribution in [0.1, 0.15) is 31.4 Å². The third-order valence-electron chi connectivity index (χ3n) is 4.18. The standard InChI is InChI=1S/C12H20N4/c1-2-16-8-10(7-15-16)11-12(9-14-11)3-5-13-6-4-12/h7-8,11,13-14H,2-6,9H2,1H3/t11-/m0/s1. The second-order valence-corrected chi connectivity index (χ2v) is 5.06. The van der Waals surface area contributed by atoms with Gasteiger partial charge < -0.3 is 10.6 Å². The van der Waals surface area contributed by atoms with E-state index in [4.69, 9.17) is 0 Å². The van der Waals surface area contributed by atoms with Crippen LogP contribution < -0.4 is 10.6 Å². The normalized spacial score (nSPS) is 27.9. The maximum absolute atomic E-state index is 4.38. The Balaban J connectivity index is 1.79. The summed E-state index contributed by atoms with van der Waals surface area (Å²) >= 11 is 0. The van der Waals surface area contributed by atoms with Crippen molar-refractivity contribution in [1.29, 1.82) is 0 Å². The van der Waals surface area contributed by atoms with E-state index in [-0.39, 0.29) is 0 Å². The van der Waals surface area contributed by atoms with E-state index < -0.39 is 0 Å². The van der Waals surface area contributed by atoms with E-state index in [2.05, 4.69) is 28.9 Å². The zero-order valence-corrected chi connectivity index (χ0v) is 9.87. The lowest BCUT2D eigenvalue weighted by Gasteiger charge is -2.52. The van der Waals surface area contributed by atoms with Crippen molar-refractivity contribution in [3.8, 4) is 0 Å². The first-order valence-corrected chi connectivity index (χ1v) is 6.30. The van der Waals surface area contributed by atoms with Crippen molar-refractivity contribution in [2.45, 2.75) is 32.4 Å². The number of nitrogens with zero attached hydrogens (tertiary/aromatic N) is 2. The molecule has 16 heavy (non-hydrogen) atoms. The van der Waals surface area contributed by atoms with Crippen molar-refractivity contribution >= 4 is 0 Å². The molecule has 0 saturated carbocycles. The summed E-state index contributed by atoms with van der Waals surface area (Å²) in [7, 11) is 0. The van der Waals surface area contributed by atoms with Gasteiger partial charge in [0.15, 0.2) is 0 Å². The molecule has 0 bridgehead atoms. The molecule has 2 aliphatic rings. The molecule has 4 nitrogen and oxygen atoms in total. The summed E-state index contributed by atoms with van der Waals surface area (Å²) in [5.41, 5.74) is 1.88. The fourth-order valence-corrected chi connectivity index (χ4v) is 3.06. The Morgan fingerprint density at radius 1 is 1.50 bits per heavy atom. The van der Waals surface area contributed by atoms with Crippen LogP contribution in [-0.2, 0) is 6.54 Å². The van der Waals surface area contributed by atoms with Crippen LogP contribution in [-0.4, -0.2) is 29.4 Å². The summed E-state index contributed by atoms with van der Waals surface area (Å²) in [5, 5.41) is 11.4. The summed E-state index contributed by atoms with van der Waals surface area (Å²) in [4.78, 5) is 0. The summed E-state index contributed by atoms with van der Waals surface area (Å²) in [6.07, 6.45) is 6.81. The minimum absolute atomic E-state index is 0.507. The van der Waals surface area contributed by atoms with Crippen LogP contribution in [0.5, 0.6) is 0 Å². The Morgan fingerprint density at radius 3 is 2.88 bits per heavy atom. The van der Waals surface area contributed by atoms with Crippen LogP contribution in [0.4, 0.5) is 0 Å². The Labute approximate surface area is 96.4 Å². The molecule has 0 unspecified atom stereocenters.